The van der Waals surface area contributed by atoms with E-state index in [2.05, 4.69) is 25.9 Å². The summed E-state index contributed by atoms with van der Waals surface area (Å²) in [7, 11) is 0. The number of rotatable bonds is 0. The number of hydrogen-bond donors (Lipinski definition) is 1. The van der Waals surface area contributed by atoms with Gasteiger partial charge in [0.05, 0.1) is 5.71 Å². The second-order valence-electron chi connectivity index (χ2n) is 3.71. The maximum absolute atomic E-state index is 8.61. The van der Waals surface area contributed by atoms with Crippen molar-refractivity contribution in [2.24, 2.45) is 16.5 Å². The van der Waals surface area contributed by atoms with Crippen molar-refractivity contribution >= 4 is 5.71 Å². The molecule has 1 N–H and O–H groups in total. The molecule has 1 aliphatic rings. The van der Waals surface area contributed by atoms with Crippen LogP contribution in [0.15, 0.2) is 5.16 Å². The van der Waals surface area contributed by atoms with Gasteiger partial charge < -0.3 is 5.21 Å². The van der Waals surface area contributed by atoms with Crippen molar-refractivity contribution in [1.29, 1.82) is 0 Å². The van der Waals surface area contributed by atoms with E-state index in [1.807, 2.05) is 0 Å². The number of nitrogens with zero attached hydrogens (tertiary/aromatic N) is 1. The molecule has 1 rings (SSSR count). The maximum atomic E-state index is 8.61. The molecule has 10 heavy (non-hydrogen) atoms. The van der Waals surface area contributed by atoms with Crippen LogP contribution in [0, 0.1) is 11.3 Å². The van der Waals surface area contributed by atoms with Gasteiger partial charge in [0.25, 0.3) is 0 Å². The lowest BCUT2D eigenvalue weighted by Gasteiger charge is -2.22. The SMILES string of the molecule is CC1CC/C(=N\O)C1(C)C. The van der Waals surface area contributed by atoms with Gasteiger partial charge >= 0.3 is 0 Å². The van der Waals surface area contributed by atoms with Gasteiger partial charge in [-0.25, -0.2) is 0 Å². The van der Waals surface area contributed by atoms with E-state index in [9.17, 15) is 0 Å². The van der Waals surface area contributed by atoms with Crippen molar-refractivity contribution in [1.82, 2.24) is 0 Å². The summed E-state index contributed by atoms with van der Waals surface area (Å²) in [6.45, 7) is 6.48. The highest BCUT2D eigenvalue weighted by atomic mass is 16.4. The molecule has 1 unspecified atom stereocenters. The van der Waals surface area contributed by atoms with E-state index in [-0.39, 0.29) is 5.41 Å². The first kappa shape index (κ1) is 7.58. The molecule has 0 radical (unpaired) electrons. The van der Waals surface area contributed by atoms with E-state index in [4.69, 9.17) is 5.21 Å². The molecule has 0 saturated heterocycles. The van der Waals surface area contributed by atoms with Gasteiger partial charge in [-0.2, -0.15) is 0 Å². The van der Waals surface area contributed by atoms with Crippen LogP contribution >= 0.6 is 0 Å². The van der Waals surface area contributed by atoms with E-state index < -0.39 is 0 Å². The first-order chi connectivity index (χ1) is 4.59. The van der Waals surface area contributed by atoms with Gasteiger partial charge in [0.1, 0.15) is 0 Å². The summed E-state index contributed by atoms with van der Waals surface area (Å²) >= 11 is 0. The van der Waals surface area contributed by atoms with Gasteiger partial charge in [0.15, 0.2) is 0 Å². The van der Waals surface area contributed by atoms with Crippen LogP contribution in [0.3, 0.4) is 0 Å². The van der Waals surface area contributed by atoms with Crippen molar-refractivity contribution in [2.75, 3.05) is 0 Å². The van der Waals surface area contributed by atoms with Gasteiger partial charge in [-0.15, -0.1) is 0 Å². The largest absolute Gasteiger partial charge is 0.411 e. The summed E-state index contributed by atoms with van der Waals surface area (Å²) in [6, 6.07) is 0. The van der Waals surface area contributed by atoms with E-state index >= 15 is 0 Å². The van der Waals surface area contributed by atoms with Crippen LogP contribution in [0.2, 0.25) is 0 Å². The molecule has 0 aromatic rings. The van der Waals surface area contributed by atoms with Crippen LogP contribution in [0.1, 0.15) is 33.6 Å². The first-order valence-electron chi connectivity index (χ1n) is 3.80. The molecule has 0 aromatic heterocycles. The molecule has 0 bridgehead atoms. The molecule has 58 valence electrons. The Balaban J connectivity index is 2.84. The molecule has 2 heteroatoms. The lowest BCUT2D eigenvalue weighted by molar-refractivity contribution is 0.300. The predicted molar refractivity (Wildman–Crippen MR) is 41.4 cm³/mol. The Labute approximate surface area is 61.9 Å². The molecular weight excluding hydrogens is 126 g/mol. The highest BCUT2D eigenvalue weighted by molar-refractivity contribution is 5.91. The average molecular weight is 141 g/mol. The standard InChI is InChI=1S/C8H15NO/c1-6-4-5-7(9-10)8(6,2)3/h6,10H,4-5H2,1-3H3/b9-7+. The average Bonchev–Trinajstić information content (AvgIpc) is 2.10. The molecule has 1 fully saturated rings. The quantitative estimate of drug-likeness (QED) is 0.407. The summed E-state index contributed by atoms with van der Waals surface area (Å²) in [5.41, 5.74) is 1.08. The van der Waals surface area contributed by atoms with Gasteiger partial charge in [0, 0.05) is 5.41 Å². The molecule has 2 nitrogen and oxygen atoms in total. The molecule has 1 saturated carbocycles. The van der Waals surface area contributed by atoms with Crippen molar-refractivity contribution < 1.29 is 5.21 Å². The second kappa shape index (κ2) is 2.26. The van der Waals surface area contributed by atoms with Crippen molar-refractivity contribution in [3.05, 3.63) is 0 Å². The van der Waals surface area contributed by atoms with Crippen LogP contribution in [0.4, 0.5) is 0 Å². The lowest BCUT2D eigenvalue weighted by Crippen LogP contribution is -2.23. The van der Waals surface area contributed by atoms with Gasteiger partial charge in [-0.3, -0.25) is 0 Å². The first-order valence-corrected chi connectivity index (χ1v) is 3.80. The van der Waals surface area contributed by atoms with Gasteiger partial charge in [-0.05, 0) is 18.8 Å². The molecular formula is C8H15NO. The number of oxime groups is 1. The third-order valence-electron chi connectivity index (χ3n) is 2.91. The minimum atomic E-state index is 0.120. The fourth-order valence-corrected chi connectivity index (χ4v) is 1.50. The van der Waals surface area contributed by atoms with Crippen LogP contribution in [-0.2, 0) is 0 Å². The molecule has 1 atom stereocenters. The summed E-state index contributed by atoms with van der Waals surface area (Å²) in [5, 5.41) is 11.9. The monoisotopic (exact) mass is 141 g/mol. The fraction of sp³-hybridized carbons (Fsp3) is 0.875. The van der Waals surface area contributed by atoms with Crippen LogP contribution in [-0.4, -0.2) is 10.9 Å². The summed E-state index contributed by atoms with van der Waals surface area (Å²) < 4.78 is 0. The van der Waals surface area contributed by atoms with Crippen molar-refractivity contribution in [3.63, 3.8) is 0 Å². The summed E-state index contributed by atoms with van der Waals surface area (Å²) in [4.78, 5) is 0. The Morgan fingerprint density at radius 2 is 2.20 bits per heavy atom. The minimum absolute atomic E-state index is 0.120. The molecule has 0 heterocycles. The normalized spacial score (nSPS) is 35.1. The fourth-order valence-electron chi connectivity index (χ4n) is 1.50. The molecule has 0 amide bonds. The molecule has 1 aliphatic carbocycles. The minimum Gasteiger partial charge on any atom is -0.411 e. The third kappa shape index (κ3) is 0.917. The second-order valence-corrected chi connectivity index (χ2v) is 3.71. The zero-order valence-electron chi connectivity index (χ0n) is 6.89. The molecule has 0 spiro atoms. The Bertz CT molecular complexity index is 161. The summed E-state index contributed by atoms with van der Waals surface area (Å²) in [6.07, 6.45) is 2.12. The van der Waals surface area contributed by atoms with Crippen LogP contribution in [0.5, 0.6) is 0 Å². The van der Waals surface area contributed by atoms with Gasteiger partial charge in [-0.1, -0.05) is 25.9 Å². The maximum Gasteiger partial charge on any atom is 0.0629 e. The smallest absolute Gasteiger partial charge is 0.0629 e. The Morgan fingerprint density at radius 1 is 1.60 bits per heavy atom. The van der Waals surface area contributed by atoms with Crippen molar-refractivity contribution in [2.45, 2.75) is 33.6 Å². The summed E-state index contributed by atoms with van der Waals surface area (Å²) in [5.74, 6) is 0.651. The van der Waals surface area contributed by atoms with E-state index in [0.717, 1.165) is 18.6 Å². The molecule has 0 aliphatic heterocycles. The topological polar surface area (TPSA) is 32.6 Å². The Morgan fingerprint density at radius 3 is 2.40 bits per heavy atom. The zero-order chi connectivity index (χ0) is 7.78. The third-order valence-corrected chi connectivity index (χ3v) is 2.91. The Hall–Kier alpha value is -0.530. The van der Waals surface area contributed by atoms with E-state index in [1.165, 1.54) is 0 Å². The number of hydrogen-bond acceptors (Lipinski definition) is 2. The van der Waals surface area contributed by atoms with Crippen LogP contribution < -0.4 is 0 Å². The zero-order valence-corrected chi connectivity index (χ0v) is 6.89. The highest BCUT2D eigenvalue weighted by Gasteiger charge is 2.37. The van der Waals surface area contributed by atoms with Crippen molar-refractivity contribution in [3.8, 4) is 0 Å². The predicted octanol–water partition coefficient (Wildman–Crippen LogP) is 2.27. The molecule has 0 aromatic carbocycles. The van der Waals surface area contributed by atoms with E-state index in [0.29, 0.717) is 5.92 Å². The van der Waals surface area contributed by atoms with Crippen LogP contribution in [0.25, 0.3) is 0 Å². The lowest BCUT2D eigenvalue weighted by atomic mass is 9.82. The highest BCUT2D eigenvalue weighted by Crippen LogP contribution is 2.39. The Kier molecular flexibility index (Phi) is 1.71. The van der Waals surface area contributed by atoms with Gasteiger partial charge in [0.2, 0.25) is 0 Å². The van der Waals surface area contributed by atoms with E-state index in [1.54, 1.807) is 0 Å².